The Balaban J connectivity index is 1.21. The first kappa shape index (κ1) is 34.5. The van der Waals surface area contributed by atoms with Crippen LogP contribution in [-0.4, -0.2) is 97.4 Å². The zero-order chi connectivity index (χ0) is 33.5. The summed E-state index contributed by atoms with van der Waals surface area (Å²) >= 11 is 1.27. The highest BCUT2D eigenvalue weighted by molar-refractivity contribution is 8.00. The number of aliphatic hydroxyl groups is 3. The highest BCUT2D eigenvalue weighted by Gasteiger charge is 2.53. The van der Waals surface area contributed by atoms with Crippen LogP contribution in [0.2, 0.25) is 0 Å². The number of carbonyl (C=O) groups is 1. The van der Waals surface area contributed by atoms with E-state index in [-0.39, 0.29) is 34.4 Å². The number of rotatable bonds is 6. The molecule has 258 valence electrons. The molecule has 6 rings (SSSR count). The summed E-state index contributed by atoms with van der Waals surface area (Å²) in [4.78, 5) is 14.0. The van der Waals surface area contributed by atoms with Gasteiger partial charge in [-0.05, 0) is 67.7 Å². The SMILES string of the molecule is CC(C)C[C@@H]1CCO[C@H]2[C@@H](C(=O)N[C@H]3C4OC(S[C@H](c5cn(-c6ccc(F)cc6)nn5)C/C=C\[C@H]3C)C(O)C(O)C4O)NC[C@]2(C)C1. The summed E-state index contributed by atoms with van der Waals surface area (Å²) < 4.78 is 27.7. The average Bonchev–Trinajstić information content (AvgIpc) is 3.60. The number of hydrogen-bond acceptors (Lipinski definition) is 10. The first-order chi connectivity index (χ1) is 22.4. The van der Waals surface area contributed by atoms with Crippen molar-refractivity contribution < 1.29 is 34.0 Å². The highest BCUT2D eigenvalue weighted by atomic mass is 32.2. The number of aromatic nitrogens is 3. The first-order valence-electron chi connectivity index (χ1n) is 16.8. The molecule has 3 saturated heterocycles. The number of hydrogen-bond donors (Lipinski definition) is 5. The molecule has 0 saturated carbocycles. The highest BCUT2D eigenvalue weighted by Crippen LogP contribution is 2.44. The molecule has 47 heavy (non-hydrogen) atoms. The molecule has 5 N–H and O–H groups in total. The van der Waals surface area contributed by atoms with Crippen molar-refractivity contribution in [3.63, 3.8) is 0 Å². The second kappa shape index (κ2) is 14.2. The van der Waals surface area contributed by atoms with Crippen LogP contribution in [0.3, 0.4) is 0 Å². The number of nitrogens with one attached hydrogen (secondary N) is 2. The number of carbonyl (C=O) groups excluding carboxylic acids is 1. The van der Waals surface area contributed by atoms with Crippen molar-refractivity contribution in [1.29, 1.82) is 0 Å². The van der Waals surface area contributed by atoms with Crippen LogP contribution in [-0.2, 0) is 14.3 Å². The van der Waals surface area contributed by atoms with Gasteiger partial charge in [0.05, 0.1) is 35.0 Å². The fraction of sp³-hybridized carbons (Fsp3) is 0.676. The van der Waals surface area contributed by atoms with Gasteiger partial charge in [-0.1, -0.05) is 45.1 Å². The number of aliphatic hydroxyl groups excluding tert-OH is 3. The number of benzene rings is 1. The summed E-state index contributed by atoms with van der Waals surface area (Å²) in [6, 6.07) is 4.65. The van der Waals surface area contributed by atoms with Crippen LogP contribution in [0.15, 0.2) is 42.6 Å². The summed E-state index contributed by atoms with van der Waals surface area (Å²) in [7, 11) is 0. The Hall–Kier alpha value is -2.39. The molecule has 4 aliphatic heterocycles. The van der Waals surface area contributed by atoms with E-state index in [1.165, 1.54) is 23.9 Å². The second-order valence-electron chi connectivity index (χ2n) is 14.5. The van der Waals surface area contributed by atoms with Crippen LogP contribution in [0.4, 0.5) is 4.39 Å². The minimum Gasteiger partial charge on any atom is -0.388 e. The lowest BCUT2D eigenvalue weighted by molar-refractivity contribution is -0.207. The lowest BCUT2D eigenvalue weighted by atomic mass is 9.75. The molecule has 3 fully saturated rings. The number of allylic oxidation sites excluding steroid dienone is 1. The van der Waals surface area contributed by atoms with Gasteiger partial charge in [0.2, 0.25) is 5.91 Å². The molecule has 2 bridgehead atoms. The number of fused-ring (bicyclic) bond motifs is 3. The third kappa shape index (κ3) is 7.31. The molecule has 2 aromatic rings. The molecule has 1 aromatic carbocycles. The minimum absolute atomic E-state index is 0.184. The van der Waals surface area contributed by atoms with E-state index in [9.17, 15) is 24.5 Å². The van der Waals surface area contributed by atoms with E-state index in [2.05, 4.69) is 41.7 Å². The molecule has 4 aliphatic rings. The van der Waals surface area contributed by atoms with E-state index >= 15 is 0 Å². The van der Waals surface area contributed by atoms with Gasteiger partial charge in [-0.2, -0.15) is 0 Å². The third-order valence-corrected chi connectivity index (χ3v) is 11.7. The van der Waals surface area contributed by atoms with Gasteiger partial charge < -0.3 is 35.4 Å². The van der Waals surface area contributed by atoms with Crippen molar-refractivity contribution in [1.82, 2.24) is 25.6 Å². The minimum atomic E-state index is -1.49. The Labute approximate surface area is 279 Å². The molecule has 5 heterocycles. The molecule has 1 aromatic heterocycles. The van der Waals surface area contributed by atoms with E-state index in [0.717, 1.165) is 19.3 Å². The first-order valence-corrected chi connectivity index (χ1v) is 17.7. The molecule has 1 amide bonds. The maximum atomic E-state index is 14.0. The standard InChI is InChI=1S/C34H48FN5O6S/c1-18(2)14-20-12-13-45-31-26(36-17-34(31,4)15-20)32(44)37-25-19(3)6-5-7-24(47-33-29(43)27(41)28(42)30(25)46-33)23-16-40(39-38-23)22-10-8-21(35)9-11-22/h5-6,8-11,16,18-20,24-31,33,36,41-43H,7,12-15,17H2,1-4H3,(H,37,44)/b6-5-/t19-,20+,24+,25-,26+,27?,28?,29?,30?,31+,33?,34+/m1/s1. The quantitative estimate of drug-likeness (QED) is 0.290. The normalized spacial score (nSPS) is 40.0. The fourth-order valence-corrected chi connectivity index (χ4v) is 9.11. The number of ether oxygens (including phenoxy) is 2. The van der Waals surface area contributed by atoms with Crippen molar-refractivity contribution in [2.45, 2.75) is 107 Å². The lowest BCUT2D eigenvalue weighted by Crippen LogP contribution is -2.65. The van der Waals surface area contributed by atoms with Crippen LogP contribution in [0.5, 0.6) is 0 Å². The van der Waals surface area contributed by atoms with Gasteiger partial charge in [-0.25, -0.2) is 9.07 Å². The maximum Gasteiger partial charge on any atom is 0.240 e. The molecule has 11 nitrogen and oxygen atoms in total. The van der Waals surface area contributed by atoms with E-state index in [1.807, 2.05) is 19.1 Å². The molecule has 12 atom stereocenters. The molecule has 13 heteroatoms. The zero-order valence-corrected chi connectivity index (χ0v) is 28.2. The Kier molecular flexibility index (Phi) is 10.4. The van der Waals surface area contributed by atoms with Gasteiger partial charge in [-0.3, -0.25) is 4.79 Å². The fourth-order valence-electron chi connectivity index (χ4n) is 7.80. The van der Waals surface area contributed by atoms with E-state index < -0.39 is 41.9 Å². The lowest BCUT2D eigenvalue weighted by Gasteiger charge is -2.45. The topological polar surface area (TPSA) is 151 Å². The third-order valence-electron chi connectivity index (χ3n) is 10.2. The molecule has 0 aliphatic carbocycles. The Morgan fingerprint density at radius 2 is 1.98 bits per heavy atom. The van der Waals surface area contributed by atoms with Gasteiger partial charge >= 0.3 is 0 Å². The van der Waals surface area contributed by atoms with Gasteiger partial charge in [0, 0.05) is 18.6 Å². The van der Waals surface area contributed by atoms with Gasteiger partial charge in [-0.15, -0.1) is 16.9 Å². The second-order valence-corrected chi connectivity index (χ2v) is 15.8. The molecule has 0 spiro atoms. The number of thioether (sulfide) groups is 1. The largest absolute Gasteiger partial charge is 0.388 e. The number of amides is 1. The van der Waals surface area contributed by atoms with Gasteiger partial charge in [0.25, 0.3) is 0 Å². The summed E-state index contributed by atoms with van der Waals surface area (Å²) in [6.45, 7) is 9.90. The van der Waals surface area contributed by atoms with Crippen LogP contribution in [0, 0.1) is 29.0 Å². The Morgan fingerprint density at radius 3 is 2.72 bits per heavy atom. The van der Waals surface area contributed by atoms with E-state index in [1.54, 1.807) is 23.0 Å². The van der Waals surface area contributed by atoms with Crippen molar-refractivity contribution in [2.24, 2.45) is 23.2 Å². The van der Waals surface area contributed by atoms with Crippen LogP contribution < -0.4 is 10.6 Å². The predicted molar refractivity (Wildman–Crippen MR) is 175 cm³/mol. The summed E-state index contributed by atoms with van der Waals surface area (Å²) in [5.74, 6) is 0.258. The van der Waals surface area contributed by atoms with Crippen molar-refractivity contribution in [2.75, 3.05) is 13.2 Å². The van der Waals surface area contributed by atoms with Crippen molar-refractivity contribution >= 4 is 17.7 Å². The van der Waals surface area contributed by atoms with E-state index in [0.29, 0.717) is 42.8 Å². The molecular weight excluding hydrogens is 625 g/mol. The van der Waals surface area contributed by atoms with Crippen LogP contribution in [0.1, 0.15) is 64.3 Å². The zero-order valence-electron chi connectivity index (χ0n) is 27.4. The van der Waals surface area contributed by atoms with Gasteiger partial charge in [0.15, 0.2) is 0 Å². The van der Waals surface area contributed by atoms with Crippen LogP contribution >= 0.6 is 11.8 Å². The average molecular weight is 674 g/mol. The summed E-state index contributed by atoms with van der Waals surface area (Å²) in [6.07, 6.45) is 3.73. The van der Waals surface area contributed by atoms with E-state index in [4.69, 9.17) is 9.47 Å². The monoisotopic (exact) mass is 673 g/mol. The Bertz CT molecular complexity index is 1410. The summed E-state index contributed by atoms with van der Waals surface area (Å²) in [5, 5.41) is 48.1. The number of nitrogens with zero attached hydrogens (tertiary/aromatic N) is 3. The van der Waals surface area contributed by atoms with Crippen molar-refractivity contribution in [3.05, 3.63) is 54.1 Å². The Morgan fingerprint density at radius 1 is 1.21 bits per heavy atom. The maximum absolute atomic E-state index is 14.0. The van der Waals surface area contributed by atoms with Gasteiger partial charge in [0.1, 0.15) is 41.7 Å². The predicted octanol–water partition coefficient (Wildman–Crippen LogP) is 2.89. The van der Waals surface area contributed by atoms with Crippen LogP contribution in [0.25, 0.3) is 5.69 Å². The molecular formula is C34H48FN5O6S. The molecule has 5 unspecified atom stereocenters. The molecule has 0 radical (unpaired) electrons. The smallest absolute Gasteiger partial charge is 0.240 e. The number of halogens is 1. The summed E-state index contributed by atoms with van der Waals surface area (Å²) in [5.41, 5.74) is 0.154. The van der Waals surface area contributed by atoms with Crippen molar-refractivity contribution in [3.8, 4) is 5.69 Å².